The highest BCUT2D eigenvalue weighted by molar-refractivity contribution is 8.14. The average Bonchev–Trinajstić information content (AvgIpc) is 2.25. The van der Waals surface area contributed by atoms with Gasteiger partial charge in [-0.15, -0.1) is 0 Å². The summed E-state index contributed by atoms with van der Waals surface area (Å²) in [6.45, 7) is 4.64. The molecule has 17 heavy (non-hydrogen) atoms. The van der Waals surface area contributed by atoms with Crippen molar-refractivity contribution >= 4 is 28.9 Å². The minimum absolute atomic E-state index is 0.00410. The monoisotopic (exact) mass is 261 g/mol. The maximum atomic E-state index is 11.2. The number of nitrogens with one attached hydrogen (secondary N) is 2. The minimum Gasteiger partial charge on any atom is -0.377 e. The molecule has 0 saturated carbocycles. The molecule has 0 radical (unpaired) electrons. The summed E-state index contributed by atoms with van der Waals surface area (Å²) in [5.41, 5.74) is 5.27. The number of nitrogens with two attached hydrogens (primary N) is 2. The maximum Gasteiger partial charge on any atom is 0.321 e. The van der Waals surface area contributed by atoms with Crippen LogP contribution >= 0.6 is 11.8 Å². The van der Waals surface area contributed by atoms with Crippen LogP contribution in [0.2, 0.25) is 0 Å². The van der Waals surface area contributed by atoms with Crippen molar-refractivity contribution in [2.24, 2.45) is 22.6 Å². The van der Waals surface area contributed by atoms with Crippen LogP contribution in [0.1, 0.15) is 20.3 Å². The third kappa shape index (κ3) is 9.49. The Morgan fingerprint density at radius 1 is 1.41 bits per heavy atom. The van der Waals surface area contributed by atoms with E-state index in [0.717, 1.165) is 18.2 Å². The second-order valence-corrected chi connectivity index (χ2v) is 4.74. The number of amides is 3. The van der Waals surface area contributed by atoms with E-state index in [1.54, 1.807) is 0 Å². The van der Waals surface area contributed by atoms with Gasteiger partial charge in [-0.1, -0.05) is 25.6 Å². The number of rotatable bonds is 5. The first kappa shape index (κ1) is 15.6. The number of urea groups is 1. The number of imide groups is 1. The molecule has 3 amide bonds. The summed E-state index contributed by atoms with van der Waals surface area (Å²) >= 11 is 0.966. The van der Waals surface area contributed by atoms with Gasteiger partial charge < -0.3 is 16.9 Å². The van der Waals surface area contributed by atoms with Gasteiger partial charge in [0.2, 0.25) is 5.91 Å². The Labute approximate surface area is 105 Å². The molecule has 7 nitrogen and oxygen atoms in total. The van der Waals surface area contributed by atoms with Gasteiger partial charge in [0.15, 0.2) is 5.17 Å². The van der Waals surface area contributed by atoms with Crippen molar-refractivity contribution in [1.82, 2.24) is 10.6 Å². The van der Waals surface area contributed by atoms with E-state index in [1.165, 1.54) is 0 Å². The van der Waals surface area contributed by atoms with E-state index in [2.05, 4.69) is 29.6 Å². The van der Waals surface area contributed by atoms with Crippen molar-refractivity contribution in [2.75, 3.05) is 12.3 Å². The molecule has 0 heterocycles. The van der Waals surface area contributed by atoms with Crippen molar-refractivity contribution in [2.45, 2.75) is 20.3 Å². The summed E-state index contributed by atoms with van der Waals surface area (Å²) in [7, 11) is 0. The van der Waals surface area contributed by atoms with E-state index in [9.17, 15) is 9.59 Å². The van der Waals surface area contributed by atoms with Crippen LogP contribution in [0, 0.1) is 5.92 Å². The van der Waals surface area contributed by atoms with Gasteiger partial charge in [0.1, 0.15) is 0 Å². The summed E-state index contributed by atoms with van der Waals surface area (Å²) in [5, 5.41) is 8.04. The van der Waals surface area contributed by atoms with Crippen LogP contribution < -0.4 is 22.2 Å². The maximum absolute atomic E-state index is 11.2. The summed E-state index contributed by atoms with van der Waals surface area (Å²) in [5.74, 6) is 4.95. The van der Waals surface area contributed by atoms with Crippen LogP contribution in [-0.2, 0) is 4.79 Å². The van der Waals surface area contributed by atoms with Gasteiger partial charge in [-0.25, -0.2) is 4.79 Å². The molecule has 6 N–H and O–H groups in total. The molecule has 0 spiro atoms. The number of hydrogen-bond acceptors (Lipinski definition) is 5. The highest BCUT2D eigenvalue weighted by atomic mass is 32.2. The Balaban J connectivity index is 3.70. The molecule has 98 valence electrons. The zero-order valence-electron chi connectivity index (χ0n) is 10.0. The molecule has 0 aromatic heterocycles. The second-order valence-electron chi connectivity index (χ2n) is 3.74. The zero-order chi connectivity index (χ0) is 13.3. The number of hydrazone groups is 1. The van der Waals surface area contributed by atoms with Gasteiger partial charge >= 0.3 is 6.03 Å². The van der Waals surface area contributed by atoms with Crippen LogP contribution in [-0.4, -0.2) is 29.4 Å². The Kier molecular flexibility index (Phi) is 7.95. The molecule has 0 saturated heterocycles. The van der Waals surface area contributed by atoms with E-state index in [-0.39, 0.29) is 10.9 Å². The molecule has 0 unspecified atom stereocenters. The molecule has 0 aliphatic rings. The Bertz CT molecular complexity index is 293. The average molecular weight is 261 g/mol. The van der Waals surface area contributed by atoms with Gasteiger partial charge in [-0.05, 0) is 12.3 Å². The van der Waals surface area contributed by atoms with Crippen molar-refractivity contribution in [1.29, 1.82) is 0 Å². The molecule has 0 atom stereocenters. The highest BCUT2D eigenvalue weighted by Gasteiger charge is 2.08. The van der Waals surface area contributed by atoms with E-state index < -0.39 is 11.9 Å². The number of thioether (sulfide) groups is 1. The molecule has 0 aromatic carbocycles. The molecular formula is C9H19N5O2S. The lowest BCUT2D eigenvalue weighted by atomic mass is 10.1. The standard InChI is InChI=1S/C9H19N5O2S/c1-6(2)3-4-12-9(16)13-7(15)5-17-8(10)14-11/h6H,3-5,11H2,1-2H3,(H2,10,14)(H2,12,13,15,16). The molecule has 0 rings (SSSR count). The predicted molar refractivity (Wildman–Crippen MR) is 69.3 cm³/mol. The van der Waals surface area contributed by atoms with Crippen molar-refractivity contribution in [3.63, 3.8) is 0 Å². The van der Waals surface area contributed by atoms with Crippen LogP contribution in [0.4, 0.5) is 4.79 Å². The van der Waals surface area contributed by atoms with Crippen LogP contribution in [0.25, 0.3) is 0 Å². The first-order chi connectivity index (χ1) is 7.95. The largest absolute Gasteiger partial charge is 0.377 e. The van der Waals surface area contributed by atoms with Gasteiger partial charge in [0.25, 0.3) is 0 Å². The van der Waals surface area contributed by atoms with Crippen molar-refractivity contribution < 1.29 is 9.59 Å². The topological polar surface area (TPSA) is 123 Å². The molecule has 0 fully saturated rings. The van der Waals surface area contributed by atoms with Crippen LogP contribution in [0.3, 0.4) is 0 Å². The lowest BCUT2D eigenvalue weighted by Gasteiger charge is -2.07. The Morgan fingerprint density at radius 3 is 2.59 bits per heavy atom. The molecule has 0 aliphatic carbocycles. The summed E-state index contributed by atoms with van der Waals surface area (Å²) in [4.78, 5) is 22.4. The van der Waals surface area contributed by atoms with Crippen molar-refractivity contribution in [3.05, 3.63) is 0 Å². The fourth-order valence-electron chi connectivity index (χ4n) is 0.858. The summed E-state index contributed by atoms with van der Waals surface area (Å²) < 4.78 is 0. The van der Waals surface area contributed by atoms with E-state index in [4.69, 9.17) is 11.6 Å². The predicted octanol–water partition coefficient (Wildman–Crippen LogP) is -0.220. The lowest BCUT2D eigenvalue weighted by Crippen LogP contribution is -2.41. The van der Waals surface area contributed by atoms with Gasteiger partial charge in [-0.3, -0.25) is 10.1 Å². The molecule has 0 bridgehead atoms. The van der Waals surface area contributed by atoms with E-state index in [0.29, 0.717) is 12.5 Å². The summed E-state index contributed by atoms with van der Waals surface area (Å²) in [6.07, 6.45) is 0.864. The number of carbonyl (C=O) groups is 2. The Morgan fingerprint density at radius 2 is 2.06 bits per heavy atom. The normalized spacial score (nSPS) is 11.4. The molecule has 0 aromatic rings. The third-order valence-corrected chi connectivity index (χ3v) is 2.55. The fourth-order valence-corrected chi connectivity index (χ4v) is 1.28. The Hall–Kier alpha value is -1.44. The highest BCUT2D eigenvalue weighted by Crippen LogP contribution is 1.98. The number of hydrogen-bond donors (Lipinski definition) is 4. The van der Waals surface area contributed by atoms with Gasteiger partial charge in [0, 0.05) is 6.54 Å². The van der Waals surface area contributed by atoms with Crippen LogP contribution in [0.15, 0.2) is 5.10 Å². The van der Waals surface area contributed by atoms with E-state index in [1.807, 2.05) is 0 Å². The SMILES string of the molecule is CC(C)CCNC(=O)NC(=O)CSC(N)=NN. The second kappa shape index (κ2) is 8.68. The third-order valence-electron chi connectivity index (χ3n) is 1.74. The van der Waals surface area contributed by atoms with Gasteiger partial charge in [0.05, 0.1) is 5.75 Å². The minimum atomic E-state index is -0.500. The van der Waals surface area contributed by atoms with Crippen molar-refractivity contribution in [3.8, 4) is 0 Å². The number of amidine groups is 1. The number of nitrogens with zero attached hydrogens (tertiary/aromatic N) is 1. The lowest BCUT2D eigenvalue weighted by molar-refractivity contribution is -0.117. The van der Waals surface area contributed by atoms with Gasteiger partial charge in [-0.2, -0.15) is 5.10 Å². The number of carbonyl (C=O) groups excluding carboxylic acids is 2. The first-order valence-electron chi connectivity index (χ1n) is 5.19. The zero-order valence-corrected chi connectivity index (χ0v) is 10.8. The van der Waals surface area contributed by atoms with E-state index >= 15 is 0 Å². The smallest absolute Gasteiger partial charge is 0.321 e. The molecule has 0 aliphatic heterocycles. The molecular weight excluding hydrogens is 242 g/mol. The molecule has 8 heteroatoms. The van der Waals surface area contributed by atoms with Crippen LogP contribution in [0.5, 0.6) is 0 Å². The quantitative estimate of drug-likeness (QED) is 0.236. The first-order valence-corrected chi connectivity index (χ1v) is 6.18. The summed E-state index contributed by atoms with van der Waals surface area (Å²) in [6, 6.07) is -0.500. The fraction of sp³-hybridized carbons (Fsp3) is 0.667.